The van der Waals surface area contributed by atoms with E-state index in [4.69, 9.17) is 4.74 Å². The van der Waals surface area contributed by atoms with Gasteiger partial charge in [-0.05, 0) is 53.4 Å². The molecule has 1 aliphatic rings. The maximum absolute atomic E-state index is 11.8. The highest BCUT2D eigenvalue weighted by atomic mass is 16.6. The van der Waals surface area contributed by atoms with Crippen molar-refractivity contribution in [1.82, 2.24) is 20.6 Å². The average Bonchev–Trinajstić information content (AvgIpc) is 3.26. The van der Waals surface area contributed by atoms with Crippen LogP contribution in [0.4, 0.5) is 4.79 Å². The third-order valence-electron chi connectivity index (χ3n) is 3.85. The summed E-state index contributed by atoms with van der Waals surface area (Å²) >= 11 is 0. The Morgan fingerprint density at radius 2 is 2.00 bits per heavy atom. The highest BCUT2D eigenvalue weighted by molar-refractivity contribution is 5.67. The van der Waals surface area contributed by atoms with Gasteiger partial charge in [0.15, 0.2) is 0 Å². The number of nitrogens with one attached hydrogen (secondary N) is 2. The minimum atomic E-state index is -0.476. The van der Waals surface area contributed by atoms with Crippen molar-refractivity contribution in [2.24, 2.45) is 5.92 Å². The van der Waals surface area contributed by atoms with Crippen LogP contribution in [0.1, 0.15) is 58.0 Å². The first kappa shape index (κ1) is 17.7. The number of rotatable bonds is 6. The summed E-state index contributed by atoms with van der Waals surface area (Å²) in [4.78, 5) is 20.5. The predicted octanol–water partition coefficient (Wildman–Crippen LogP) is 2.74. The molecule has 2 unspecified atom stereocenters. The number of carbonyl (C=O) groups is 1. The Bertz CT molecular complexity index is 538. The van der Waals surface area contributed by atoms with Crippen molar-refractivity contribution in [3.63, 3.8) is 0 Å². The van der Waals surface area contributed by atoms with Crippen LogP contribution >= 0.6 is 0 Å². The molecular formula is C17H28N4O2. The first-order valence-corrected chi connectivity index (χ1v) is 8.26. The van der Waals surface area contributed by atoms with Crippen molar-refractivity contribution in [3.05, 3.63) is 23.8 Å². The summed E-state index contributed by atoms with van der Waals surface area (Å²) in [6.45, 7) is 10.2. The fourth-order valence-electron chi connectivity index (χ4n) is 2.61. The number of aromatic nitrogens is 2. The standard InChI is InChI=1S/C17H28N4O2/c1-11-15(19-9-8-18-11)12(2)21-14(13-6-7-13)10-20-16(22)23-17(3,4)5/h8-9,12-14,21H,6-7,10H2,1-5H3,(H,20,22). The second-order valence-corrected chi connectivity index (χ2v) is 7.24. The zero-order valence-electron chi connectivity index (χ0n) is 14.7. The lowest BCUT2D eigenvalue weighted by molar-refractivity contribution is 0.0520. The van der Waals surface area contributed by atoms with Crippen LogP contribution in [-0.4, -0.2) is 34.2 Å². The van der Waals surface area contributed by atoms with Gasteiger partial charge in [0, 0.05) is 31.0 Å². The Labute approximate surface area is 138 Å². The molecule has 2 N–H and O–H groups in total. The van der Waals surface area contributed by atoms with Crippen LogP contribution in [0.2, 0.25) is 0 Å². The van der Waals surface area contributed by atoms with Crippen molar-refractivity contribution in [3.8, 4) is 0 Å². The average molecular weight is 320 g/mol. The van der Waals surface area contributed by atoms with E-state index in [1.54, 1.807) is 12.4 Å². The maximum atomic E-state index is 11.8. The predicted molar refractivity (Wildman–Crippen MR) is 89.1 cm³/mol. The lowest BCUT2D eigenvalue weighted by Gasteiger charge is -2.25. The smallest absolute Gasteiger partial charge is 0.407 e. The first-order chi connectivity index (χ1) is 10.8. The molecule has 0 saturated heterocycles. The molecule has 1 saturated carbocycles. The van der Waals surface area contributed by atoms with Gasteiger partial charge in [0.05, 0.1) is 11.4 Å². The van der Waals surface area contributed by atoms with E-state index in [2.05, 4.69) is 27.5 Å². The molecule has 1 aromatic rings. The van der Waals surface area contributed by atoms with Crippen molar-refractivity contribution < 1.29 is 9.53 Å². The van der Waals surface area contributed by atoms with E-state index < -0.39 is 5.60 Å². The molecule has 0 aromatic carbocycles. The number of aryl methyl sites for hydroxylation is 1. The van der Waals surface area contributed by atoms with Gasteiger partial charge in [-0.15, -0.1) is 0 Å². The first-order valence-electron chi connectivity index (χ1n) is 8.26. The second kappa shape index (κ2) is 7.25. The van der Waals surface area contributed by atoms with E-state index in [-0.39, 0.29) is 18.2 Å². The molecule has 1 fully saturated rings. The highest BCUT2D eigenvalue weighted by Gasteiger charge is 2.33. The molecule has 6 heteroatoms. The van der Waals surface area contributed by atoms with E-state index in [1.165, 1.54) is 12.8 Å². The molecule has 2 rings (SSSR count). The summed E-state index contributed by atoms with van der Waals surface area (Å²) in [6, 6.07) is 0.314. The number of carbonyl (C=O) groups excluding carboxylic acids is 1. The summed E-state index contributed by atoms with van der Waals surface area (Å²) in [6.07, 6.45) is 5.44. The van der Waals surface area contributed by atoms with Crippen LogP contribution in [0.15, 0.2) is 12.4 Å². The van der Waals surface area contributed by atoms with Crippen molar-refractivity contribution in [1.29, 1.82) is 0 Å². The molecule has 0 aliphatic heterocycles. The summed E-state index contributed by atoms with van der Waals surface area (Å²) < 4.78 is 5.30. The Balaban J connectivity index is 1.89. The van der Waals surface area contributed by atoms with Gasteiger partial charge in [-0.2, -0.15) is 0 Å². The topological polar surface area (TPSA) is 76.1 Å². The van der Waals surface area contributed by atoms with Crippen LogP contribution in [0.3, 0.4) is 0 Å². The number of nitrogens with zero attached hydrogens (tertiary/aromatic N) is 2. The number of hydrogen-bond acceptors (Lipinski definition) is 5. The molecule has 0 bridgehead atoms. The molecule has 2 atom stereocenters. The molecular weight excluding hydrogens is 292 g/mol. The Morgan fingerprint density at radius 3 is 2.57 bits per heavy atom. The fraction of sp³-hybridized carbons (Fsp3) is 0.706. The van der Waals surface area contributed by atoms with E-state index in [0.29, 0.717) is 12.5 Å². The van der Waals surface area contributed by atoms with Crippen LogP contribution in [0.25, 0.3) is 0 Å². The second-order valence-electron chi connectivity index (χ2n) is 7.24. The number of amides is 1. The summed E-state index contributed by atoms with van der Waals surface area (Å²) in [7, 11) is 0. The van der Waals surface area contributed by atoms with Crippen LogP contribution in [0, 0.1) is 12.8 Å². The van der Waals surface area contributed by atoms with Gasteiger partial charge in [-0.25, -0.2) is 4.79 Å². The van der Waals surface area contributed by atoms with E-state index in [1.807, 2.05) is 27.7 Å². The monoisotopic (exact) mass is 320 g/mol. The Kier molecular flexibility index (Phi) is 5.57. The molecule has 1 heterocycles. The Hall–Kier alpha value is -1.69. The van der Waals surface area contributed by atoms with Crippen molar-refractivity contribution >= 4 is 6.09 Å². The van der Waals surface area contributed by atoms with Crippen molar-refractivity contribution in [2.45, 2.75) is 65.1 Å². The largest absolute Gasteiger partial charge is 0.444 e. The van der Waals surface area contributed by atoms with Crippen LogP contribution < -0.4 is 10.6 Å². The number of hydrogen-bond donors (Lipinski definition) is 2. The molecule has 23 heavy (non-hydrogen) atoms. The van der Waals surface area contributed by atoms with Gasteiger partial charge in [0.1, 0.15) is 5.60 Å². The minimum absolute atomic E-state index is 0.0923. The molecule has 1 aliphatic carbocycles. The third kappa shape index (κ3) is 5.78. The molecule has 128 valence electrons. The van der Waals surface area contributed by atoms with E-state index >= 15 is 0 Å². The third-order valence-corrected chi connectivity index (χ3v) is 3.85. The fourth-order valence-corrected chi connectivity index (χ4v) is 2.61. The van der Waals surface area contributed by atoms with Gasteiger partial charge < -0.3 is 15.4 Å². The number of ether oxygens (including phenoxy) is 1. The molecule has 0 spiro atoms. The normalized spacial score (nSPS) is 17.4. The zero-order chi connectivity index (χ0) is 17.0. The highest BCUT2D eigenvalue weighted by Crippen LogP contribution is 2.33. The van der Waals surface area contributed by atoms with E-state index in [0.717, 1.165) is 11.4 Å². The summed E-state index contributed by atoms with van der Waals surface area (Å²) in [5.74, 6) is 0.601. The van der Waals surface area contributed by atoms with Gasteiger partial charge in [-0.3, -0.25) is 9.97 Å². The summed E-state index contributed by atoms with van der Waals surface area (Å²) in [5, 5.41) is 6.45. The molecule has 0 radical (unpaired) electrons. The zero-order valence-corrected chi connectivity index (χ0v) is 14.7. The molecule has 6 nitrogen and oxygen atoms in total. The maximum Gasteiger partial charge on any atom is 0.407 e. The molecule has 1 amide bonds. The van der Waals surface area contributed by atoms with Gasteiger partial charge in [0.25, 0.3) is 0 Å². The van der Waals surface area contributed by atoms with E-state index in [9.17, 15) is 4.79 Å². The van der Waals surface area contributed by atoms with Gasteiger partial charge in [-0.1, -0.05) is 0 Å². The Morgan fingerprint density at radius 1 is 1.35 bits per heavy atom. The lowest BCUT2D eigenvalue weighted by Crippen LogP contribution is -2.45. The summed E-state index contributed by atoms with van der Waals surface area (Å²) in [5.41, 5.74) is 1.41. The number of alkyl carbamates (subject to hydrolysis) is 1. The minimum Gasteiger partial charge on any atom is -0.444 e. The quantitative estimate of drug-likeness (QED) is 0.843. The van der Waals surface area contributed by atoms with Gasteiger partial charge in [0.2, 0.25) is 0 Å². The lowest BCUT2D eigenvalue weighted by atomic mass is 10.1. The van der Waals surface area contributed by atoms with Crippen molar-refractivity contribution in [2.75, 3.05) is 6.54 Å². The molecule has 1 aromatic heterocycles. The SMILES string of the molecule is Cc1nccnc1C(C)NC(CNC(=O)OC(C)(C)C)C1CC1. The van der Waals surface area contributed by atoms with Crippen LogP contribution in [-0.2, 0) is 4.74 Å². The van der Waals surface area contributed by atoms with Crippen LogP contribution in [0.5, 0.6) is 0 Å². The van der Waals surface area contributed by atoms with Gasteiger partial charge >= 0.3 is 6.09 Å².